The van der Waals surface area contributed by atoms with Crippen LogP contribution >= 0.6 is 7.81 Å². The Kier molecular flexibility index (Phi) is 22.9. The number of nitrogens with zero attached hydrogens (tertiary/aromatic N) is 3. The normalized spacial score (nSPS) is 10.1. The molecule has 1 radical (unpaired) electrons. The van der Waals surface area contributed by atoms with E-state index in [0.29, 0.717) is 0 Å². The molecule has 2 heterocycles. The SMILES string of the molecule is CC#N.F[P-](F)(F)(F)(F)F.[C-]#[O+].[C-]#[O+].[C-]#[O+].[Re].c1ccc(-c2ccccn2)nc1. The Morgan fingerprint density at radius 2 is 0.966 bits per heavy atom. The molecule has 0 fully saturated rings. The van der Waals surface area contributed by atoms with Gasteiger partial charge in [0.2, 0.25) is 0 Å². The first-order valence-electron chi connectivity index (χ1n) is 6.14. The van der Waals surface area contributed by atoms with Crippen LogP contribution in [0.4, 0.5) is 25.2 Å². The Morgan fingerprint density at radius 3 is 1.10 bits per heavy atom. The van der Waals surface area contributed by atoms with Crippen molar-refractivity contribution in [2.24, 2.45) is 0 Å². The summed E-state index contributed by atoms with van der Waals surface area (Å²) in [5.41, 5.74) is 1.83. The van der Waals surface area contributed by atoms with Crippen LogP contribution < -0.4 is 0 Å². The number of hydrogen-bond donors (Lipinski definition) is 0. The van der Waals surface area contributed by atoms with Crippen molar-refractivity contribution in [3.63, 3.8) is 0 Å². The van der Waals surface area contributed by atoms with Crippen LogP contribution in [0, 0.1) is 31.3 Å². The van der Waals surface area contributed by atoms with E-state index in [1.54, 1.807) is 18.5 Å². The maximum atomic E-state index is 9.87. The topological polar surface area (TPSA) is 109 Å². The van der Waals surface area contributed by atoms with Gasteiger partial charge < -0.3 is 0 Å². The fourth-order valence-corrected chi connectivity index (χ4v) is 1.03. The zero-order valence-electron chi connectivity index (χ0n) is 14.3. The van der Waals surface area contributed by atoms with Gasteiger partial charge in [-0.15, -0.1) is 0 Å². The van der Waals surface area contributed by atoms with Gasteiger partial charge in [0, 0.05) is 39.7 Å². The van der Waals surface area contributed by atoms with Gasteiger partial charge in [-0.25, -0.2) is 0 Å². The first-order chi connectivity index (χ1) is 12.8. The zero-order chi connectivity index (χ0) is 23.3. The van der Waals surface area contributed by atoms with Gasteiger partial charge in [-0.3, -0.25) is 9.97 Å². The quantitative estimate of drug-likeness (QED) is 0.172. The van der Waals surface area contributed by atoms with E-state index in [1.807, 2.05) is 36.4 Å². The van der Waals surface area contributed by atoms with Crippen molar-refractivity contribution < 1.29 is 59.6 Å². The van der Waals surface area contributed by atoms with Crippen LogP contribution in [0.5, 0.6) is 0 Å². The van der Waals surface area contributed by atoms with Gasteiger partial charge >= 0.3 is 66.9 Å². The van der Waals surface area contributed by atoms with E-state index in [2.05, 4.69) is 29.9 Å². The van der Waals surface area contributed by atoms with Crippen LogP contribution in [0.3, 0.4) is 0 Å². The van der Waals surface area contributed by atoms with Gasteiger partial charge in [-0.05, 0) is 24.3 Å². The molecule has 2 rings (SSSR count). The molecular weight excluding hydrogens is 601 g/mol. The molecule has 0 amide bonds. The molecule has 0 saturated heterocycles. The molecule has 0 unspecified atom stereocenters. The maximum absolute atomic E-state index is 10.7. The van der Waals surface area contributed by atoms with Gasteiger partial charge in [0.25, 0.3) is 0 Å². The molecule has 0 atom stereocenters. The molecule has 0 saturated carbocycles. The molecular formula is C15H11F6N3O3PRe-. The molecule has 2 aromatic rings. The number of hydrogen-bond acceptors (Lipinski definition) is 3. The number of halogens is 6. The average Bonchev–Trinajstić information content (AvgIpc) is 2.66. The predicted octanol–water partition coefficient (Wildman–Crippen LogP) is 5.94. The number of pyridine rings is 2. The van der Waals surface area contributed by atoms with Crippen LogP contribution in [0.1, 0.15) is 6.92 Å². The Bertz CT molecular complexity index is 686. The Balaban J connectivity index is -0.0000000980. The van der Waals surface area contributed by atoms with Crippen molar-refractivity contribution in [2.45, 2.75) is 6.92 Å². The summed E-state index contributed by atoms with van der Waals surface area (Å²) in [7, 11) is -10.7. The summed E-state index contributed by atoms with van der Waals surface area (Å²) in [6, 6.07) is 13.3. The third kappa shape index (κ3) is 46.1. The summed E-state index contributed by atoms with van der Waals surface area (Å²) >= 11 is 0. The minimum atomic E-state index is -10.7. The Labute approximate surface area is 176 Å². The molecule has 0 spiro atoms. The monoisotopic (exact) mass is 613 g/mol. The fraction of sp³-hybridized carbons (Fsp3) is 0.0667. The standard InChI is InChI=1S/C10H8N2.C2H3N.3CO.F6P.Re/c1-3-7-11-9(5-1)10-6-2-4-8-12-10;1-2-3;3*1-2;1-7(2,3,4,5)6;/h1-8H;1H3;;;;;/q;;;;;-1;. The van der Waals surface area contributed by atoms with E-state index in [-0.39, 0.29) is 20.4 Å². The summed E-state index contributed by atoms with van der Waals surface area (Å²) in [6.45, 7) is 14.9. The zero-order valence-corrected chi connectivity index (χ0v) is 17.9. The first kappa shape index (κ1) is 37.4. The molecule has 0 aliphatic heterocycles. The van der Waals surface area contributed by atoms with Gasteiger partial charge in [0.05, 0.1) is 17.5 Å². The summed E-state index contributed by atoms with van der Waals surface area (Å²) < 4.78 is 81.7. The van der Waals surface area contributed by atoms with Crippen molar-refractivity contribution in [3.05, 3.63) is 68.7 Å². The molecule has 29 heavy (non-hydrogen) atoms. The van der Waals surface area contributed by atoms with Crippen molar-refractivity contribution in [2.75, 3.05) is 0 Å². The van der Waals surface area contributed by atoms with Crippen LogP contribution in [0.2, 0.25) is 0 Å². The van der Waals surface area contributed by atoms with Crippen molar-refractivity contribution >= 4 is 7.81 Å². The summed E-state index contributed by atoms with van der Waals surface area (Å²) in [5, 5.41) is 7.32. The second-order valence-corrected chi connectivity index (χ2v) is 5.53. The minimum Gasteiger partial charge on any atom is -0.255 e. The van der Waals surface area contributed by atoms with Gasteiger partial charge in [-0.2, -0.15) is 5.26 Å². The van der Waals surface area contributed by atoms with Crippen LogP contribution in [-0.2, 0) is 34.4 Å². The number of aromatic nitrogens is 2. The van der Waals surface area contributed by atoms with Crippen LogP contribution in [0.15, 0.2) is 48.8 Å². The van der Waals surface area contributed by atoms with E-state index in [4.69, 9.17) is 19.2 Å². The van der Waals surface area contributed by atoms with Gasteiger partial charge in [0.15, 0.2) is 0 Å². The number of nitriles is 1. The third-order valence-corrected chi connectivity index (χ3v) is 1.59. The molecule has 6 nitrogen and oxygen atoms in total. The predicted molar refractivity (Wildman–Crippen MR) is 84.1 cm³/mol. The van der Waals surface area contributed by atoms with E-state index in [9.17, 15) is 25.2 Å². The molecule has 0 aromatic carbocycles. The van der Waals surface area contributed by atoms with Crippen molar-refractivity contribution in [1.29, 1.82) is 5.26 Å². The summed E-state index contributed by atoms with van der Waals surface area (Å²) in [4.78, 5) is 8.37. The van der Waals surface area contributed by atoms with Gasteiger partial charge in [0.1, 0.15) is 0 Å². The fourth-order valence-electron chi connectivity index (χ4n) is 1.03. The second-order valence-electron chi connectivity index (χ2n) is 3.61. The molecule has 0 aliphatic carbocycles. The molecule has 0 aliphatic rings. The maximum Gasteiger partial charge on any atom is 0.0886 e. The minimum absolute atomic E-state index is 0. The van der Waals surface area contributed by atoms with E-state index in [0.717, 1.165) is 11.4 Å². The molecule has 159 valence electrons. The molecule has 0 N–H and O–H groups in total. The molecule has 0 bridgehead atoms. The Hall–Kier alpha value is -2.32. The van der Waals surface area contributed by atoms with E-state index >= 15 is 0 Å². The number of rotatable bonds is 1. The first-order valence-corrected chi connectivity index (χ1v) is 8.17. The smallest absolute Gasteiger partial charge is 0.0886 e. The van der Waals surface area contributed by atoms with E-state index < -0.39 is 7.81 Å². The largest absolute Gasteiger partial charge is 0.255 e. The Morgan fingerprint density at radius 1 is 0.759 bits per heavy atom. The van der Waals surface area contributed by atoms with Crippen LogP contribution in [0.25, 0.3) is 11.4 Å². The van der Waals surface area contributed by atoms with Crippen LogP contribution in [-0.4, -0.2) is 9.97 Å². The second kappa shape index (κ2) is 17.8. The van der Waals surface area contributed by atoms with Crippen molar-refractivity contribution in [1.82, 2.24) is 9.97 Å². The third-order valence-electron chi connectivity index (χ3n) is 1.59. The summed E-state index contributed by atoms with van der Waals surface area (Å²) in [5.74, 6) is 0. The molecule has 14 heteroatoms. The summed E-state index contributed by atoms with van der Waals surface area (Å²) in [6.07, 6.45) is 3.54. The van der Waals surface area contributed by atoms with E-state index in [1.165, 1.54) is 6.92 Å². The average molecular weight is 612 g/mol. The molecule has 2 aromatic heterocycles. The van der Waals surface area contributed by atoms with Gasteiger partial charge in [-0.1, -0.05) is 12.1 Å². The van der Waals surface area contributed by atoms with Crippen molar-refractivity contribution in [3.8, 4) is 17.5 Å².